The van der Waals surface area contributed by atoms with Gasteiger partial charge in [0.25, 0.3) is 11.8 Å². The van der Waals surface area contributed by atoms with Crippen molar-refractivity contribution in [2.24, 2.45) is 0 Å². The highest BCUT2D eigenvalue weighted by Gasteiger charge is 2.27. The molecule has 4 heterocycles. The highest BCUT2D eigenvalue weighted by atomic mass is 35.5. The lowest BCUT2D eigenvalue weighted by atomic mass is 10.1. The Labute approximate surface area is 215 Å². The Morgan fingerprint density at radius 2 is 1.89 bits per heavy atom. The number of pyridine rings is 1. The maximum Gasteiger partial charge on any atom is 0.274 e. The van der Waals surface area contributed by atoms with E-state index in [1.165, 1.54) is 22.5 Å². The summed E-state index contributed by atoms with van der Waals surface area (Å²) in [5.74, 6) is -0.490. The lowest BCUT2D eigenvalue weighted by Crippen LogP contribution is -2.48. The van der Waals surface area contributed by atoms with Crippen LogP contribution in [0.25, 0.3) is 5.82 Å². The highest BCUT2D eigenvalue weighted by Crippen LogP contribution is 2.31. The summed E-state index contributed by atoms with van der Waals surface area (Å²) in [6, 6.07) is 8.20. The average Bonchev–Trinajstić information content (AvgIpc) is 3.19. The fourth-order valence-corrected chi connectivity index (χ4v) is 5.03. The van der Waals surface area contributed by atoms with Gasteiger partial charge in [-0.25, -0.2) is 9.67 Å². The second kappa shape index (κ2) is 10.2. The molecule has 0 radical (unpaired) electrons. The van der Waals surface area contributed by atoms with E-state index in [1.54, 1.807) is 37.4 Å². The van der Waals surface area contributed by atoms with Crippen LogP contribution in [-0.2, 0) is 9.47 Å². The van der Waals surface area contributed by atoms with Crippen LogP contribution >= 0.6 is 35.0 Å². The number of ether oxygens (including phenoxy) is 2. The summed E-state index contributed by atoms with van der Waals surface area (Å²) in [5.41, 5.74) is 1.49. The molecule has 2 aliphatic heterocycles. The van der Waals surface area contributed by atoms with Crippen LogP contribution in [0.15, 0.2) is 41.6 Å². The Balaban J connectivity index is 1.48. The third-order valence-electron chi connectivity index (χ3n) is 5.51. The first-order valence-electron chi connectivity index (χ1n) is 10.8. The van der Waals surface area contributed by atoms with Crippen molar-refractivity contribution in [3.63, 3.8) is 0 Å². The summed E-state index contributed by atoms with van der Waals surface area (Å²) >= 11 is 14.1. The standard InChI is InChI=1S/C23H21Cl2N5O4S/c1-12-5-13(24)6-16(22(31)27-14-8-33-9-14)20(12)28-23(32)18-7-19(35-15-10-34-11-15)29-30(18)21-17(25)3-2-4-26-21/h2-7,14-15H,8-11H2,1H3,(H,27,31)(H,28,32). The molecule has 1 aromatic carbocycles. The largest absolute Gasteiger partial charge is 0.379 e. The quantitative estimate of drug-likeness (QED) is 0.476. The number of benzene rings is 1. The SMILES string of the molecule is Cc1cc(Cl)cc(C(=O)NC2COC2)c1NC(=O)c1cc(SC2COC2)nn1-c1ncccc1Cl. The minimum atomic E-state index is -0.470. The molecule has 2 saturated heterocycles. The monoisotopic (exact) mass is 533 g/mol. The van der Waals surface area contributed by atoms with Crippen LogP contribution < -0.4 is 10.6 Å². The van der Waals surface area contributed by atoms with Gasteiger partial charge in [0.15, 0.2) is 5.82 Å². The van der Waals surface area contributed by atoms with Gasteiger partial charge in [-0.05, 0) is 36.8 Å². The van der Waals surface area contributed by atoms with Crippen molar-refractivity contribution in [2.45, 2.75) is 23.2 Å². The van der Waals surface area contributed by atoms with Crippen molar-refractivity contribution < 1.29 is 19.1 Å². The van der Waals surface area contributed by atoms with E-state index in [-0.39, 0.29) is 28.5 Å². The van der Waals surface area contributed by atoms with Crippen molar-refractivity contribution >= 4 is 52.5 Å². The molecule has 2 aromatic heterocycles. The first kappa shape index (κ1) is 24.1. The fourth-order valence-electron chi connectivity index (χ4n) is 3.57. The predicted octanol–water partition coefficient (Wildman–Crippen LogP) is 3.75. The number of hydrogen-bond acceptors (Lipinski definition) is 7. The van der Waals surface area contributed by atoms with Crippen LogP contribution in [0.5, 0.6) is 0 Å². The van der Waals surface area contributed by atoms with E-state index < -0.39 is 5.91 Å². The second-order valence-corrected chi connectivity index (χ2v) is 10.3. The summed E-state index contributed by atoms with van der Waals surface area (Å²) < 4.78 is 11.8. The minimum Gasteiger partial charge on any atom is -0.379 e. The molecule has 2 fully saturated rings. The van der Waals surface area contributed by atoms with Crippen LogP contribution in [0.4, 0.5) is 5.69 Å². The number of nitrogens with zero attached hydrogens (tertiary/aromatic N) is 3. The summed E-state index contributed by atoms with van der Waals surface area (Å²) in [7, 11) is 0. The minimum absolute atomic E-state index is 0.0758. The number of rotatable bonds is 7. The molecule has 2 amide bonds. The van der Waals surface area contributed by atoms with Gasteiger partial charge >= 0.3 is 0 Å². The van der Waals surface area contributed by atoms with Crippen LogP contribution in [0.1, 0.15) is 26.4 Å². The number of amides is 2. The molecule has 0 atom stereocenters. The molecular weight excluding hydrogens is 513 g/mol. The van der Waals surface area contributed by atoms with Crippen molar-refractivity contribution in [3.05, 3.63) is 63.4 Å². The zero-order valence-electron chi connectivity index (χ0n) is 18.6. The van der Waals surface area contributed by atoms with Crippen molar-refractivity contribution in [1.82, 2.24) is 20.1 Å². The average molecular weight is 534 g/mol. The topological polar surface area (TPSA) is 107 Å². The number of nitrogens with one attached hydrogen (secondary N) is 2. The summed E-state index contributed by atoms with van der Waals surface area (Å²) in [4.78, 5) is 30.8. The van der Waals surface area contributed by atoms with Crippen LogP contribution in [0, 0.1) is 6.92 Å². The van der Waals surface area contributed by atoms with Crippen LogP contribution in [-0.4, -0.2) is 64.3 Å². The summed E-state index contributed by atoms with van der Waals surface area (Å²) in [6.07, 6.45) is 1.58. The molecule has 5 rings (SSSR count). The molecule has 0 bridgehead atoms. The van der Waals surface area contributed by atoms with Gasteiger partial charge in [-0.15, -0.1) is 0 Å². The molecule has 0 aliphatic carbocycles. The Hall–Kier alpha value is -2.63. The van der Waals surface area contributed by atoms with Gasteiger partial charge in [0.05, 0.1) is 54.0 Å². The van der Waals surface area contributed by atoms with E-state index in [4.69, 9.17) is 32.7 Å². The number of aromatic nitrogens is 3. The number of carbonyl (C=O) groups is 2. The molecule has 182 valence electrons. The van der Waals surface area contributed by atoms with E-state index in [0.717, 1.165) is 0 Å². The zero-order valence-corrected chi connectivity index (χ0v) is 20.9. The van der Waals surface area contributed by atoms with Gasteiger partial charge in [0.1, 0.15) is 10.7 Å². The molecule has 0 saturated carbocycles. The Morgan fingerprint density at radius 3 is 2.54 bits per heavy atom. The number of halogens is 2. The Morgan fingerprint density at radius 1 is 1.11 bits per heavy atom. The Kier molecular flexibility index (Phi) is 6.99. The number of carbonyl (C=O) groups excluding carboxylic acids is 2. The Bertz CT molecular complexity index is 1290. The van der Waals surface area contributed by atoms with E-state index in [9.17, 15) is 9.59 Å². The number of hydrogen-bond donors (Lipinski definition) is 2. The van der Waals surface area contributed by atoms with Crippen molar-refractivity contribution in [3.8, 4) is 5.82 Å². The van der Waals surface area contributed by atoms with Crippen molar-refractivity contribution in [1.29, 1.82) is 0 Å². The molecule has 2 aliphatic rings. The van der Waals surface area contributed by atoms with E-state index >= 15 is 0 Å². The second-order valence-electron chi connectivity index (χ2n) is 8.17. The maximum absolute atomic E-state index is 13.5. The first-order valence-corrected chi connectivity index (χ1v) is 12.5. The molecule has 3 aromatic rings. The summed E-state index contributed by atoms with van der Waals surface area (Å²) in [5, 5.41) is 12.0. The highest BCUT2D eigenvalue weighted by molar-refractivity contribution is 8.00. The smallest absolute Gasteiger partial charge is 0.274 e. The molecule has 35 heavy (non-hydrogen) atoms. The molecule has 0 unspecified atom stereocenters. The number of aryl methyl sites for hydroxylation is 1. The van der Waals surface area contributed by atoms with E-state index in [2.05, 4.69) is 20.7 Å². The van der Waals surface area contributed by atoms with E-state index in [0.29, 0.717) is 58.6 Å². The first-order chi connectivity index (χ1) is 16.9. The lowest BCUT2D eigenvalue weighted by molar-refractivity contribution is -0.00344. The normalized spacial score (nSPS) is 15.9. The third-order valence-corrected chi connectivity index (χ3v) is 7.07. The molecule has 0 spiro atoms. The molecule has 12 heteroatoms. The number of thioether (sulfide) groups is 1. The van der Waals surface area contributed by atoms with Gasteiger partial charge in [-0.3, -0.25) is 9.59 Å². The van der Waals surface area contributed by atoms with Crippen molar-refractivity contribution in [2.75, 3.05) is 31.7 Å². The van der Waals surface area contributed by atoms with Crippen LogP contribution in [0.2, 0.25) is 10.0 Å². The maximum atomic E-state index is 13.5. The van der Waals surface area contributed by atoms with Gasteiger partial charge in [-0.2, -0.15) is 5.10 Å². The third kappa shape index (κ3) is 5.17. The lowest BCUT2D eigenvalue weighted by Gasteiger charge is -2.27. The zero-order chi connectivity index (χ0) is 24.5. The summed E-state index contributed by atoms with van der Waals surface area (Å²) in [6.45, 7) is 3.91. The van der Waals surface area contributed by atoms with Crippen LogP contribution in [0.3, 0.4) is 0 Å². The number of anilines is 1. The van der Waals surface area contributed by atoms with E-state index in [1.807, 2.05) is 0 Å². The molecule has 9 nitrogen and oxygen atoms in total. The van der Waals surface area contributed by atoms with Gasteiger partial charge < -0.3 is 20.1 Å². The van der Waals surface area contributed by atoms with Gasteiger partial charge in [0.2, 0.25) is 0 Å². The molecule has 2 N–H and O–H groups in total. The van der Waals surface area contributed by atoms with Gasteiger partial charge in [-0.1, -0.05) is 35.0 Å². The fraction of sp³-hybridized carbons (Fsp3) is 0.304. The molecular formula is C23H21Cl2N5O4S. The van der Waals surface area contributed by atoms with Gasteiger partial charge in [0, 0.05) is 17.3 Å². The predicted molar refractivity (Wildman–Crippen MR) is 133 cm³/mol.